The molecule has 0 aromatic heterocycles. The summed E-state index contributed by atoms with van der Waals surface area (Å²) >= 11 is 0. The summed E-state index contributed by atoms with van der Waals surface area (Å²) in [5.74, 6) is 0. The van der Waals surface area contributed by atoms with Gasteiger partial charge in [-0.3, -0.25) is 0 Å². The van der Waals surface area contributed by atoms with Gasteiger partial charge in [-0.15, -0.1) is 0 Å². The third kappa shape index (κ3) is 5.41. The summed E-state index contributed by atoms with van der Waals surface area (Å²) < 4.78 is 0. The van der Waals surface area contributed by atoms with Crippen molar-refractivity contribution in [3.63, 3.8) is 0 Å². The van der Waals surface area contributed by atoms with E-state index in [1.807, 2.05) is 0 Å². The molecule has 0 fully saturated rings. The van der Waals surface area contributed by atoms with Crippen molar-refractivity contribution in [3.8, 4) is 50.6 Å². The van der Waals surface area contributed by atoms with E-state index in [1.165, 1.54) is 66.2 Å². The molecule has 0 heterocycles. The standard InChI is InChI=1S/C54H35N3/c1-34-15-10-12-21-43(34)51-48-31-36-25-27-42(57(40-17-6-4-7-18-40)41-19-8-5-9-20-41)30-38(36)32-49(48)52(44-22-13-11-16-35(44)2)53-46-24-14-23-45-37(29-39(33-55)56-3)26-28-47(50(45)46)54(51)53/h4-32H,1-2H3/b39-29+. The molecule has 1 aliphatic carbocycles. The number of nitrogens with zero attached hydrogens (tertiary/aromatic N) is 3. The van der Waals surface area contributed by atoms with Crippen LogP contribution in [-0.2, 0) is 0 Å². The molecule has 1 aliphatic rings. The number of nitriles is 1. The molecule has 10 rings (SSSR count). The zero-order chi connectivity index (χ0) is 38.6. The number of allylic oxidation sites excluding steroid dienone is 1. The van der Waals surface area contributed by atoms with Crippen LogP contribution in [0.3, 0.4) is 0 Å². The van der Waals surface area contributed by atoms with Crippen molar-refractivity contribution in [2.75, 3.05) is 4.90 Å². The van der Waals surface area contributed by atoms with E-state index < -0.39 is 0 Å². The van der Waals surface area contributed by atoms with Crippen LogP contribution in [0, 0.1) is 31.8 Å². The fraction of sp³-hybridized carbons (Fsp3) is 0.0370. The van der Waals surface area contributed by atoms with Crippen molar-refractivity contribution in [1.29, 1.82) is 5.26 Å². The SMILES string of the molecule is [C-]#[N+]/C(C#N)=C/c1ccc2c3c(cccc13)-c1c-2c(-c2ccccc2C)c2cc3ccc(N(c4ccccc4)c4ccccc4)cc3cc2c1-c1ccccc1C. The smallest absolute Gasteiger partial charge is 0.262 e. The molecule has 0 N–H and O–H groups in total. The van der Waals surface area contributed by atoms with Crippen LogP contribution in [0.1, 0.15) is 16.7 Å². The van der Waals surface area contributed by atoms with Crippen LogP contribution in [0.4, 0.5) is 17.1 Å². The first-order valence-electron chi connectivity index (χ1n) is 19.2. The van der Waals surface area contributed by atoms with Gasteiger partial charge in [-0.1, -0.05) is 121 Å². The predicted octanol–water partition coefficient (Wildman–Crippen LogP) is 15.0. The van der Waals surface area contributed by atoms with Gasteiger partial charge in [0.15, 0.2) is 0 Å². The Labute approximate surface area is 332 Å². The fourth-order valence-electron chi connectivity index (χ4n) is 8.97. The zero-order valence-corrected chi connectivity index (χ0v) is 31.6. The van der Waals surface area contributed by atoms with E-state index in [1.54, 1.807) is 6.08 Å². The van der Waals surface area contributed by atoms with Gasteiger partial charge >= 0.3 is 0 Å². The largest absolute Gasteiger partial charge is 0.310 e. The fourth-order valence-corrected chi connectivity index (χ4v) is 8.97. The highest BCUT2D eigenvalue weighted by atomic mass is 15.1. The maximum atomic E-state index is 9.72. The van der Waals surface area contributed by atoms with Gasteiger partial charge in [0, 0.05) is 17.1 Å². The van der Waals surface area contributed by atoms with E-state index in [9.17, 15) is 5.26 Å². The number of aryl methyl sites for hydroxylation is 2. The molecule has 0 radical (unpaired) electrons. The van der Waals surface area contributed by atoms with E-state index in [-0.39, 0.29) is 5.70 Å². The molecule has 3 nitrogen and oxygen atoms in total. The first-order valence-corrected chi connectivity index (χ1v) is 19.2. The Bertz CT molecular complexity index is 3160. The quantitative estimate of drug-likeness (QED) is 0.0971. The Morgan fingerprint density at radius 2 is 1.05 bits per heavy atom. The van der Waals surface area contributed by atoms with Crippen molar-refractivity contribution in [1.82, 2.24) is 0 Å². The van der Waals surface area contributed by atoms with Crippen LogP contribution in [-0.4, -0.2) is 0 Å². The van der Waals surface area contributed by atoms with Crippen molar-refractivity contribution < 1.29 is 0 Å². The van der Waals surface area contributed by atoms with Gasteiger partial charge in [-0.05, 0) is 162 Å². The predicted molar refractivity (Wildman–Crippen MR) is 239 cm³/mol. The minimum atomic E-state index is 0.0716. The van der Waals surface area contributed by atoms with Gasteiger partial charge in [0.05, 0.1) is 12.6 Å². The maximum Gasteiger partial charge on any atom is 0.262 e. The van der Waals surface area contributed by atoms with Gasteiger partial charge in [0.1, 0.15) is 0 Å². The van der Waals surface area contributed by atoms with Crippen LogP contribution >= 0.6 is 0 Å². The first kappa shape index (κ1) is 33.8. The van der Waals surface area contributed by atoms with Gasteiger partial charge in [0.25, 0.3) is 5.70 Å². The Morgan fingerprint density at radius 1 is 0.509 bits per heavy atom. The number of para-hydroxylation sites is 2. The second kappa shape index (κ2) is 13.5. The van der Waals surface area contributed by atoms with E-state index >= 15 is 0 Å². The highest BCUT2D eigenvalue weighted by Gasteiger charge is 2.32. The molecule has 0 saturated carbocycles. The van der Waals surface area contributed by atoms with Crippen LogP contribution < -0.4 is 4.90 Å². The molecule has 0 bridgehead atoms. The Morgan fingerprint density at radius 3 is 1.63 bits per heavy atom. The maximum absolute atomic E-state index is 9.72. The molecule has 0 atom stereocenters. The molecule has 0 unspecified atom stereocenters. The molecule has 9 aromatic rings. The number of fused-ring (bicyclic) bond motifs is 5. The van der Waals surface area contributed by atoms with E-state index in [0.717, 1.165) is 44.3 Å². The van der Waals surface area contributed by atoms with Crippen molar-refractivity contribution in [3.05, 3.63) is 204 Å². The topological polar surface area (TPSA) is 31.4 Å². The molecule has 0 aliphatic heterocycles. The Kier molecular flexibility index (Phi) is 8.03. The van der Waals surface area contributed by atoms with Gasteiger partial charge in [-0.2, -0.15) is 0 Å². The highest BCUT2D eigenvalue weighted by molar-refractivity contribution is 6.29. The zero-order valence-electron chi connectivity index (χ0n) is 31.6. The molecule has 0 saturated heterocycles. The van der Waals surface area contributed by atoms with Crippen LogP contribution in [0.15, 0.2) is 176 Å². The average molecular weight is 726 g/mol. The number of anilines is 3. The van der Waals surface area contributed by atoms with Gasteiger partial charge in [0.2, 0.25) is 0 Å². The molecule has 57 heavy (non-hydrogen) atoms. The number of benzene rings is 9. The van der Waals surface area contributed by atoms with Gasteiger partial charge in [-0.25, -0.2) is 10.1 Å². The normalized spacial score (nSPS) is 11.8. The number of hydrogen-bond donors (Lipinski definition) is 0. The van der Waals surface area contributed by atoms with Crippen molar-refractivity contribution >= 4 is 55.5 Å². The summed E-state index contributed by atoms with van der Waals surface area (Å²) in [5, 5.41) is 16.6. The molecule has 0 spiro atoms. The second-order valence-corrected chi connectivity index (χ2v) is 14.7. The first-order chi connectivity index (χ1) is 28.0. The van der Waals surface area contributed by atoms with Crippen LogP contribution in [0.5, 0.6) is 0 Å². The van der Waals surface area contributed by atoms with E-state index in [0.29, 0.717) is 0 Å². The summed E-state index contributed by atoms with van der Waals surface area (Å²) in [6.07, 6.45) is 1.72. The third-order valence-electron chi connectivity index (χ3n) is 11.5. The Hall–Kier alpha value is -7.72. The lowest BCUT2D eigenvalue weighted by Crippen LogP contribution is -2.09. The molecule has 9 aromatic carbocycles. The molecular weight excluding hydrogens is 691 g/mol. The molecule has 3 heteroatoms. The molecule has 266 valence electrons. The van der Waals surface area contributed by atoms with E-state index in [2.05, 4.69) is 200 Å². The lowest BCUT2D eigenvalue weighted by molar-refractivity contribution is 1.29. The van der Waals surface area contributed by atoms with Crippen molar-refractivity contribution in [2.24, 2.45) is 0 Å². The van der Waals surface area contributed by atoms with Crippen molar-refractivity contribution in [2.45, 2.75) is 13.8 Å². The monoisotopic (exact) mass is 725 g/mol. The third-order valence-corrected chi connectivity index (χ3v) is 11.5. The average Bonchev–Trinajstić information content (AvgIpc) is 3.58. The lowest BCUT2D eigenvalue weighted by atomic mass is 9.80. The van der Waals surface area contributed by atoms with Gasteiger partial charge < -0.3 is 4.90 Å². The molecular formula is C54H35N3. The molecule has 0 amide bonds. The minimum Gasteiger partial charge on any atom is -0.310 e. The summed E-state index contributed by atoms with van der Waals surface area (Å²) in [7, 11) is 0. The summed E-state index contributed by atoms with van der Waals surface area (Å²) in [4.78, 5) is 5.82. The summed E-state index contributed by atoms with van der Waals surface area (Å²) in [6.45, 7) is 12.0. The van der Waals surface area contributed by atoms with E-state index in [4.69, 9.17) is 6.57 Å². The highest BCUT2D eigenvalue weighted by Crippen LogP contribution is 2.59. The lowest BCUT2D eigenvalue weighted by Gasteiger charge is -2.26. The summed E-state index contributed by atoms with van der Waals surface area (Å²) in [5.41, 5.74) is 16.3. The Balaban J connectivity index is 1.35. The van der Waals surface area contributed by atoms with Crippen LogP contribution in [0.2, 0.25) is 0 Å². The van der Waals surface area contributed by atoms with Crippen LogP contribution in [0.25, 0.3) is 87.7 Å². The summed E-state index contributed by atoms with van der Waals surface area (Å²) in [6, 6.07) is 63.1. The number of hydrogen-bond acceptors (Lipinski definition) is 2. The minimum absolute atomic E-state index is 0.0716. The number of rotatable bonds is 6. The second-order valence-electron chi connectivity index (χ2n) is 14.7.